The Kier molecular flexibility index (Phi) is 1.90. The highest BCUT2D eigenvalue weighted by Crippen LogP contribution is 2.51. The Bertz CT molecular complexity index is 309. The Labute approximate surface area is 79.5 Å². The number of hydrogen-bond donors (Lipinski definition) is 0. The maximum absolute atomic E-state index is 11.2. The molecule has 0 amide bonds. The average Bonchev–Trinajstić information content (AvgIpc) is 2.42. The van der Waals surface area contributed by atoms with Crippen molar-refractivity contribution >= 4 is 5.78 Å². The third-order valence-electron chi connectivity index (χ3n) is 3.64. The molecule has 70 valence electrons. The standard InChI is InChI=1S/C12H16O/c1-3-9-4-5-10-8-11(13)6-7-12(9,10)2/h3,8H,4-7H2,1-2H3. The fourth-order valence-electron chi connectivity index (χ4n) is 2.68. The molecule has 2 rings (SSSR count). The number of allylic oxidation sites excluding steroid dienone is 4. The van der Waals surface area contributed by atoms with E-state index in [0.717, 1.165) is 25.7 Å². The van der Waals surface area contributed by atoms with Gasteiger partial charge in [-0.1, -0.05) is 24.1 Å². The van der Waals surface area contributed by atoms with E-state index in [9.17, 15) is 4.79 Å². The summed E-state index contributed by atoms with van der Waals surface area (Å²) >= 11 is 0. The van der Waals surface area contributed by atoms with Crippen LogP contribution in [0.4, 0.5) is 0 Å². The van der Waals surface area contributed by atoms with Crippen molar-refractivity contribution in [3.8, 4) is 0 Å². The van der Waals surface area contributed by atoms with Gasteiger partial charge in [0.15, 0.2) is 5.78 Å². The molecule has 0 aromatic rings. The molecule has 1 fully saturated rings. The first-order valence-corrected chi connectivity index (χ1v) is 5.06. The van der Waals surface area contributed by atoms with Crippen molar-refractivity contribution in [2.24, 2.45) is 5.41 Å². The van der Waals surface area contributed by atoms with Crippen LogP contribution < -0.4 is 0 Å². The van der Waals surface area contributed by atoms with Crippen molar-refractivity contribution in [3.05, 3.63) is 23.3 Å². The summed E-state index contributed by atoms with van der Waals surface area (Å²) in [5.41, 5.74) is 3.14. The van der Waals surface area contributed by atoms with Crippen molar-refractivity contribution < 1.29 is 4.79 Å². The molecule has 0 heterocycles. The molecule has 0 N–H and O–H groups in total. The van der Waals surface area contributed by atoms with Crippen LogP contribution >= 0.6 is 0 Å². The minimum atomic E-state index is 0.239. The first-order chi connectivity index (χ1) is 6.16. The second-order valence-corrected chi connectivity index (χ2v) is 4.28. The van der Waals surface area contributed by atoms with Crippen molar-refractivity contribution in [2.75, 3.05) is 0 Å². The molecule has 2 aliphatic rings. The number of hydrogen-bond acceptors (Lipinski definition) is 1. The normalized spacial score (nSPS) is 36.3. The van der Waals surface area contributed by atoms with Gasteiger partial charge in [-0.25, -0.2) is 0 Å². The van der Waals surface area contributed by atoms with Gasteiger partial charge < -0.3 is 0 Å². The first kappa shape index (κ1) is 8.74. The summed E-state index contributed by atoms with van der Waals surface area (Å²) in [4.78, 5) is 11.2. The van der Waals surface area contributed by atoms with E-state index in [1.807, 2.05) is 6.08 Å². The zero-order valence-corrected chi connectivity index (χ0v) is 8.39. The van der Waals surface area contributed by atoms with Gasteiger partial charge in [-0.2, -0.15) is 0 Å². The molecule has 0 spiro atoms. The molecule has 13 heavy (non-hydrogen) atoms. The van der Waals surface area contributed by atoms with Crippen molar-refractivity contribution in [1.29, 1.82) is 0 Å². The SMILES string of the molecule is CC=C1CCC2=CC(=O)CCC12C. The molecular weight excluding hydrogens is 160 g/mol. The summed E-state index contributed by atoms with van der Waals surface area (Å²) in [6, 6.07) is 0. The largest absolute Gasteiger partial charge is 0.295 e. The van der Waals surface area contributed by atoms with Crippen LogP contribution in [0.3, 0.4) is 0 Å². The lowest BCUT2D eigenvalue weighted by Crippen LogP contribution is -2.22. The topological polar surface area (TPSA) is 17.1 Å². The van der Waals surface area contributed by atoms with E-state index in [2.05, 4.69) is 19.9 Å². The minimum absolute atomic E-state index is 0.239. The van der Waals surface area contributed by atoms with Gasteiger partial charge in [0, 0.05) is 11.8 Å². The van der Waals surface area contributed by atoms with Gasteiger partial charge in [0.2, 0.25) is 0 Å². The number of rotatable bonds is 0. The molecule has 1 saturated carbocycles. The van der Waals surface area contributed by atoms with E-state index in [1.54, 1.807) is 0 Å². The molecule has 0 aromatic carbocycles. The van der Waals surface area contributed by atoms with E-state index < -0.39 is 0 Å². The molecule has 0 radical (unpaired) electrons. The van der Waals surface area contributed by atoms with Gasteiger partial charge in [0.05, 0.1) is 0 Å². The minimum Gasteiger partial charge on any atom is -0.295 e. The van der Waals surface area contributed by atoms with Crippen LogP contribution in [0, 0.1) is 5.41 Å². The Morgan fingerprint density at radius 1 is 1.38 bits per heavy atom. The second kappa shape index (κ2) is 2.83. The van der Waals surface area contributed by atoms with Gasteiger partial charge in [0.1, 0.15) is 0 Å². The van der Waals surface area contributed by atoms with Gasteiger partial charge in [-0.15, -0.1) is 0 Å². The zero-order chi connectivity index (χ0) is 9.47. The van der Waals surface area contributed by atoms with E-state index in [-0.39, 0.29) is 5.41 Å². The number of carbonyl (C=O) groups excluding carboxylic acids is 1. The highest BCUT2D eigenvalue weighted by atomic mass is 16.1. The van der Waals surface area contributed by atoms with Gasteiger partial charge in [-0.05, 0) is 32.3 Å². The third-order valence-corrected chi connectivity index (χ3v) is 3.64. The molecule has 0 aromatic heterocycles. The number of fused-ring (bicyclic) bond motifs is 1. The lowest BCUT2D eigenvalue weighted by molar-refractivity contribution is -0.115. The van der Waals surface area contributed by atoms with Gasteiger partial charge >= 0.3 is 0 Å². The molecule has 1 nitrogen and oxygen atoms in total. The van der Waals surface area contributed by atoms with Gasteiger partial charge in [-0.3, -0.25) is 4.79 Å². The summed E-state index contributed by atoms with van der Waals surface area (Å²) < 4.78 is 0. The third kappa shape index (κ3) is 1.18. The van der Waals surface area contributed by atoms with Crippen LogP contribution in [0.25, 0.3) is 0 Å². The average molecular weight is 176 g/mol. The molecule has 1 unspecified atom stereocenters. The summed E-state index contributed by atoms with van der Waals surface area (Å²) in [5.74, 6) is 0.324. The number of ketones is 1. The lowest BCUT2D eigenvalue weighted by Gasteiger charge is -2.30. The molecular formula is C12H16O. The van der Waals surface area contributed by atoms with Crippen molar-refractivity contribution in [2.45, 2.75) is 39.5 Å². The molecule has 1 heteroatoms. The predicted octanol–water partition coefficient (Wildman–Crippen LogP) is 3.02. The first-order valence-electron chi connectivity index (χ1n) is 5.06. The summed E-state index contributed by atoms with van der Waals surface area (Å²) in [6.07, 6.45) is 8.14. The van der Waals surface area contributed by atoms with Crippen LogP contribution in [0.15, 0.2) is 23.3 Å². The Balaban J connectivity index is 2.43. The van der Waals surface area contributed by atoms with E-state index in [0.29, 0.717) is 5.78 Å². The van der Waals surface area contributed by atoms with Crippen LogP contribution in [-0.4, -0.2) is 5.78 Å². The van der Waals surface area contributed by atoms with E-state index in [4.69, 9.17) is 0 Å². The highest BCUT2D eigenvalue weighted by molar-refractivity contribution is 5.92. The molecule has 0 aliphatic heterocycles. The predicted molar refractivity (Wildman–Crippen MR) is 53.4 cm³/mol. The van der Waals surface area contributed by atoms with Crippen LogP contribution in [0.1, 0.15) is 39.5 Å². The van der Waals surface area contributed by atoms with Crippen LogP contribution in [-0.2, 0) is 4.79 Å². The second-order valence-electron chi connectivity index (χ2n) is 4.28. The summed E-state index contributed by atoms with van der Waals surface area (Å²) in [5, 5.41) is 0. The van der Waals surface area contributed by atoms with Crippen LogP contribution in [0.2, 0.25) is 0 Å². The fourth-order valence-corrected chi connectivity index (χ4v) is 2.68. The maximum Gasteiger partial charge on any atom is 0.155 e. The van der Waals surface area contributed by atoms with E-state index >= 15 is 0 Å². The Hall–Kier alpha value is -0.850. The highest BCUT2D eigenvalue weighted by Gasteiger charge is 2.40. The van der Waals surface area contributed by atoms with Gasteiger partial charge in [0.25, 0.3) is 0 Å². The summed E-state index contributed by atoms with van der Waals surface area (Å²) in [6.45, 7) is 4.40. The van der Waals surface area contributed by atoms with E-state index in [1.165, 1.54) is 11.1 Å². The maximum atomic E-state index is 11.2. The number of carbonyl (C=O) groups is 1. The molecule has 1 atom stereocenters. The molecule has 0 bridgehead atoms. The van der Waals surface area contributed by atoms with Crippen LogP contribution in [0.5, 0.6) is 0 Å². The lowest BCUT2D eigenvalue weighted by atomic mass is 9.73. The van der Waals surface area contributed by atoms with Crippen molar-refractivity contribution in [1.82, 2.24) is 0 Å². The monoisotopic (exact) mass is 176 g/mol. The summed E-state index contributed by atoms with van der Waals surface area (Å²) in [7, 11) is 0. The van der Waals surface area contributed by atoms with Crippen molar-refractivity contribution in [3.63, 3.8) is 0 Å². The quantitative estimate of drug-likeness (QED) is 0.518. The molecule has 0 saturated heterocycles. The molecule has 2 aliphatic carbocycles. The fraction of sp³-hybridized carbons (Fsp3) is 0.583. The smallest absolute Gasteiger partial charge is 0.155 e. The Morgan fingerprint density at radius 3 is 2.85 bits per heavy atom. The zero-order valence-electron chi connectivity index (χ0n) is 8.39. The Morgan fingerprint density at radius 2 is 2.15 bits per heavy atom.